The van der Waals surface area contributed by atoms with E-state index in [0.717, 1.165) is 31.2 Å². The zero-order chi connectivity index (χ0) is 20.3. The van der Waals surface area contributed by atoms with Gasteiger partial charge in [-0.3, -0.25) is 0 Å². The molecule has 148 valence electrons. The minimum Gasteiger partial charge on any atom is -0.480 e. The third kappa shape index (κ3) is 3.83. The first-order chi connectivity index (χ1) is 13.4. The number of carbonyl (C=O) groups is 1. The van der Waals surface area contributed by atoms with Gasteiger partial charge in [0.2, 0.25) is 0 Å². The van der Waals surface area contributed by atoms with Gasteiger partial charge in [0.25, 0.3) is 11.7 Å². The third-order valence-electron chi connectivity index (χ3n) is 5.46. The predicted octanol–water partition coefficient (Wildman–Crippen LogP) is 3.76. The van der Waals surface area contributed by atoms with Gasteiger partial charge in [0, 0.05) is 18.8 Å². The largest absolute Gasteiger partial charge is 0.480 e. The van der Waals surface area contributed by atoms with Gasteiger partial charge in [0.1, 0.15) is 11.5 Å². The Balaban J connectivity index is 2.06. The van der Waals surface area contributed by atoms with Gasteiger partial charge >= 0.3 is 5.97 Å². The lowest BCUT2D eigenvalue weighted by molar-refractivity contribution is -0.250. The Morgan fingerprint density at radius 1 is 1.29 bits per heavy atom. The summed E-state index contributed by atoms with van der Waals surface area (Å²) in [6.45, 7) is 2.03. The third-order valence-corrected chi connectivity index (χ3v) is 5.72. The molecule has 1 aromatic carbocycles. The van der Waals surface area contributed by atoms with Crippen molar-refractivity contribution in [1.82, 2.24) is 0 Å². The molecule has 0 radical (unpaired) electrons. The minimum atomic E-state index is -1.12. The Labute approximate surface area is 169 Å². The van der Waals surface area contributed by atoms with Gasteiger partial charge in [-0.2, -0.15) is 5.26 Å². The smallest absolute Gasteiger partial charge is 0.345 e. The van der Waals surface area contributed by atoms with E-state index < -0.39 is 29.5 Å². The first-order valence-electron chi connectivity index (χ1n) is 9.54. The van der Waals surface area contributed by atoms with E-state index in [1.165, 1.54) is 0 Å². The van der Waals surface area contributed by atoms with Crippen molar-refractivity contribution in [2.75, 3.05) is 0 Å². The Bertz CT molecular complexity index is 835. The standard InChI is InChI=1S/C21H24N2O4S/c1-2-13-6-8-14(9-7-13)16(15(12-22)18(23)28)17-19(24)26-21(27-20(17)25)10-4-3-5-11-21/h6-9,15-16,24H,2-5,10-11H2,1H3,(H2,23,28). The lowest BCUT2D eigenvalue weighted by Crippen LogP contribution is -2.45. The zero-order valence-corrected chi connectivity index (χ0v) is 16.6. The number of hydrogen-bond donors (Lipinski definition) is 2. The second-order valence-corrected chi connectivity index (χ2v) is 7.74. The number of nitrogens with two attached hydrogens (primary N) is 1. The molecule has 28 heavy (non-hydrogen) atoms. The molecule has 0 saturated heterocycles. The van der Waals surface area contributed by atoms with E-state index in [2.05, 4.69) is 6.07 Å². The summed E-state index contributed by atoms with van der Waals surface area (Å²) in [5.74, 6) is -4.17. The fourth-order valence-corrected chi connectivity index (χ4v) is 4.10. The molecule has 0 aromatic heterocycles. The number of rotatable bonds is 5. The Morgan fingerprint density at radius 2 is 1.93 bits per heavy atom. The number of aliphatic hydroxyl groups is 1. The van der Waals surface area contributed by atoms with E-state index in [4.69, 9.17) is 27.4 Å². The highest BCUT2D eigenvalue weighted by molar-refractivity contribution is 7.80. The number of aryl methyl sites for hydroxylation is 1. The molecule has 1 fully saturated rings. The van der Waals surface area contributed by atoms with Crippen LogP contribution in [0, 0.1) is 17.2 Å². The van der Waals surface area contributed by atoms with Gasteiger partial charge in [-0.15, -0.1) is 0 Å². The quantitative estimate of drug-likeness (QED) is 0.572. The number of aliphatic hydroxyl groups excluding tert-OH is 1. The molecule has 7 heteroatoms. The first-order valence-corrected chi connectivity index (χ1v) is 9.95. The molecule has 0 amide bonds. The molecular formula is C21H24N2O4S. The van der Waals surface area contributed by atoms with Gasteiger partial charge in [0.05, 0.1) is 11.1 Å². The van der Waals surface area contributed by atoms with Crippen LogP contribution in [0.15, 0.2) is 35.8 Å². The molecule has 1 aromatic rings. The molecular weight excluding hydrogens is 376 g/mol. The molecule has 2 aliphatic rings. The number of esters is 1. The second-order valence-electron chi connectivity index (χ2n) is 7.26. The van der Waals surface area contributed by atoms with Crippen LogP contribution in [-0.2, 0) is 20.7 Å². The SMILES string of the molecule is CCc1ccc(C(C2=C(O)OC3(CCCCC3)OC2=O)C(C#N)C(N)=S)cc1. The molecule has 2 unspecified atom stereocenters. The average molecular weight is 401 g/mol. The van der Waals surface area contributed by atoms with Crippen LogP contribution in [0.1, 0.15) is 56.1 Å². The molecule has 2 atom stereocenters. The molecule has 0 bridgehead atoms. The number of carbonyl (C=O) groups excluding carboxylic acids is 1. The fraction of sp³-hybridized carbons (Fsp3) is 0.476. The summed E-state index contributed by atoms with van der Waals surface area (Å²) in [6, 6.07) is 9.50. The van der Waals surface area contributed by atoms with Crippen LogP contribution in [-0.4, -0.2) is 21.9 Å². The van der Waals surface area contributed by atoms with Crippen molar-refractivity contribution in [3.63, 3.8) is 0 Å². The summed E-state index contributed by atoms with van der Waals surface area (Å²) in [7, 11) is 0. The molecule has 6 nitrogen and oxygen atoms in total. The molecule has 3 N–H and O–H groups in total. The van der Waals surface area contributed by atoms with E-state index in [0.29, 0.717) is 18.4 Å². The lowest BCUT2D eigenvalue weighted by atomic mass is 9.80. The van der Waals surface area contributed by atoms with E-state index in [9.17, 15) is 15.2 Å². The van der Waals surface area contributed by atoms with Crippen LogP contribution >= 0.6 is 12.2 Å². The minimum absolute atomic E-state index is 0.0573. The summed E-state index contributed by atoms with van der Waals surface area (Å²) < 4.78 is 11.4. The average Bonchev–Trinajstić information content (AvgIpc) is 2.67. The highest BCUT2D eigenvalue weighted by Crippen LogP contribution is 2.43. The number of hydrogen-bond acceptors (Lipinski definition) is 6. The lowest BCUT2D eigenvalue weighted by Gasteiger charge is -2.40. The van der Waals surface area contributed by atoms with Gasteiger partial charge in [-0.05, 0) is 30.4 Å². The van der Waals surface area contributed by atoms with Gasteiger partial charge in [-0.1, -0.05) is 49.8 Å². The summed E-state index contributed by atoms with van der Waals surface area (Å²) in [5, 5.41) is 20.3. The topological polar surface area (TPSA) is 106 Å². The number of ether oxygens (including phenoxy) is 2. The van der Waals surface area contributed by atoms with Gasteiger partial charge in [-0.25, -0.2) is 4.79 Å². The van der Waals surface area contributed by atoms with E-state index in [-0.39, 0.29) is 10.6 Å². The summed E-state index contributed by atoms with van der Waals surface area (Å²) in [5.41, 5.74) is 7.42. The zero-order valence-electron chi connectivity index (χ0n) is 15.8. The van der Waals surface area contributed by atoms with E-state index in [1.54, 1.807) is 0 Å². The maximum Gasteiger partial charge on any atom is 0.345 e. The molecule has 1 aliphatic heterocycles. The van der Waals surface area contributed by atoms with Crippen molar-refractivity contribution >= 4 is 23.2 Å². The second kappa shape index (κ2) is 8.19. The first kappa shape index (κ1) is 20.2. The summed E-state index contributed by atoms with van der Waals surface area (Å²) >= 11 is 5.06. The van der Waals surface area contributed by atoms with Crippen LogP contribution in [0.25, 0.3) is 0 Å². The molecule has 3 rings (SSSR count). The maximum atomic E-state index is 12.9. The van der Waals surface area contributed by atoms with Crippen molar-refractivity contribution in [2.24, 2.45) is 11.7 Å². The van der Waals surface area contributed by atoms with Crippen LogP contribution in [0.3, 0.4) is 0 Å². The van der Waals surface area contributed by atoms with Crippen LogP contribution in [0.4, 0.5) is 0 Å². The maximum absolute atomic E-state index is 12.9. The summed E-state index contributed by atoms with van der Waals surface area (Å²) in [4.78, 5) is 12.9. The van der Waals surface area contributed by atoms with E-state index in [1.807, 2.05) is 31.2 Å². The molecule has 1 aliphatic carbocycles. The highest BCUT2D eigenvalue weighted by atomic mass is 32.1. The number of thiocarbonyl (C=S) groups is 1. The number of nitrogens with zero attached hydrogens (tertiary/aromatic N) is 1. The molecule has 1 saturated carbocycles. The predicted molar refractivity (Wildman–Crippen MR) is 107 cm³/mol. The van der Waals surface area contributed by atoms with Gasteiger partial charge < -0.3 is 20.3 Å². The van der Waals surface area contributed by atoms with Crippen LogP contribution in [0.5, 0.6) is 0 Å². The Kier molecular flexibility index (Phi) is 5.90. The highest BCUT2D eigenvalue weighted by Gasteiger charge is 2.48. The number of nitriles is 1. The van der Waals surface area contributed by atoms with Crippen molar-refractivity contribution in [3.05, 3.63) is 46.9 Å². The number of benzene rings is 1. The fourth-order valence-electron chi connectivity index (χ4n) is 3.91. The van der Waals surface area contributed by atoms with Crippen molar-refractivity contribution in [1.29, 1.82) is 5.26 Å². The van der Waals surface area contributed by atoms with E-state index >= 15 is 0 Å². The molecule has 1 heterocycles. The van der Waals surface area contributed by atoms with Gasteiger partial charge in [0.15, 0.2) is 0 Å². The Hall–Kier alpha value is -2.59. The molecule has 1 spiro atoms. The Morgan fingerprint density at radius 3 is 2.43 bits per heavy atom. The van der Waals surface area contributed by atoms with Crippen LogP contribution < -0.4 is 5.73 Å². The summed E-state index contributed by atoms with van der Waals surface area (Å²) in [6.07, 6.45) is 4.65. The normalized spacial score (nSPS) is 20.6. The van der Waals surface area contributed by atoms with Crippen molar-refractivity contribution < 1.29 is 19.4 Å². The van der Waals surface area contributed by atoms with Crippen molar-refractivity contribution in [3.8, 4) is 6.07 Å². The van der Waals surface area contributed by atoms with Crippen LogP contribution in [0.2, 0.25) is 0 Å². The monoisotopic (exact) mass is 400 g/mol. The van der Waals surface area contributed by atoms with Crippen molar-refractivity contribution in [2.45, 2.75) is 57.2 Å².